The van der Waals surface area contributed by atoms with Crippen LogP contribution in [0.3, 0.4) is 0 Å². The Balaban J connectivity index is 2.46. The number of hydrogen-bond acceptors (Lipinski definition) is 8. The highest BCUT2D eigenvalue weighted by Gasteiger charge is 2.44. The van der Waals surface area contributed by atoms with E-state index in [4.69, 9.17) is 18.9 Å². The fraction of sp³-hybridized carbons (Fsp3) is 0.273. The Morgan fingerprint density at radius 1 is 0.812 bits per heavy atom. The molecule has 2 atom stereocenters. The molecule has 0 bridgehead atoms. The third-order valence-corrected chi connectivity index (χ3v) is 5.38. The molecule has 0 amide bonds. The van der Waals surface area contributed by atoms with Crippen molar-refractivity contribution in [3.8, 4) is 34.5 Å². The van der Waals surface area contributed by atoms with Gasteiger partial charge in [-0.25, -0.2) is 4.79 Å². The minimum atomic E-state index is -1.55. The number of aliphatic carboxylic acids is 2. The van der Waals surface area contributed by atoms with Crippen LogP contribution in [-0.4, -0.2) is 60.8 Å². The number of carbonyl (C=O) groups is 2. The molecule has 3 rings (SSSR count). The number of rotatable bonds is 7. The first-order valence-electron chi connectivity index (χ1n) is 9.30. The SMILES string of the molecule is COc1cc(C2c3c(cc(OC)c(O)c3OC)C=C(C(=O)O)C2C(=O)O)cc(OC)c1O. The molecule has 4 N–H and O–H groups in total. The quantitative estimate of drug-likeness (QED) is 0.499. The zero-order chi connectivity index (χ0) is 23.7. The molecular weight excluding hydrogens is 424 g/mol. The molecule has 0 saturated carbocycles. The largest absolute Gasteiger partial charge is 0.502 e. The lowest BCUT2D eigenvalue weighted by Gasteiger charge is -2.33. The number of fused-ring (bicyclic) bond motifs is 1. The van der Waals surface area contributed by atoms with Crippen LogP contribution in [0.2, 0.25) is 0 Å². The Bertz CT molecular complexity index is 1090. The predicted octanol–water partition coefficient (Wildman–Crippen LogP) is 2.45. The van der Waals surface area contributed by atoms with Gasteiger partial charge in [-0.15, -0.1) is 0 Å². The van der Waals surface area contributed by atoms with Crippen LogP contribution in [0.15, 0.2) is 23.8 Å². The maximum Gasteiger partial charge on any atom is 0.332 e. The fourth-order valence-corrected chi connectivity index (χ4v) is 3.99. The molecule has 0 spiro atoms. The second kappa shape index (κ2) is 8.58. The van der Waals surface area contributed by atoms with E-state index >= 15 is 0 Å². The summed E-state index contributed by atoms with van der Waals surface area (Å²) in [7, 11) is 5.22. The average molecular weight is 446 g/mol. The summed E-state index contributed by atoms with van der Waals surface area (Å²) >= 11 is 0. The number of methoxy groups -OCH3 is 4. The number of ether oxygens (including phenoxy) is 4. The first-order valence-corrected chi connectivity index (χ1v) is 9.30. The zero-order valence-corrected chi connectivity index (χ0v) is 17.7. The number of benzene rings is 2. The van der Waals surface area contributed by atoms with Gasteiger partial charge < -0.3 is 39.4 Å². The van der Waals surface area contributed by atoms with Crippen LogP contribution in [-0.2, 0) is 9.59 Å². The van der Waals surface area contributed by atoms with Gasteiger partial charge in [-0.1, -0.05) is 0 Å². The summed E-state index contributed by atoms with van der Waals surface area (Å²) in [6.07, 6.45) is 1.21. The van der Waals surface area contributed by atoms with Gasteiger partial charge in [-0.05, 0) is 35.4 Å². The molecule has 1 aliphatic carbocycles. The number of carboxylic acids is 2. The van der Waals surface area contributed by atoms with E-state index in [-0.39, 0.29) is 51.2 Å². The Morgan fingerprint density at radius 2 is 1.34 bits per heavy atom. The Hall–Kier alpha value is -4.08. The average Bonchev–Trinajstić information content (AvgIpc) is 2.77. The molecular formula is C22H22O10. The summed E-state index contributed by atoms with van der Waals surface area (Å²) in [5, 5.41) is 40.7. The predicted molar refractivity (Wildman–Crippen MR) is 111 cm³/mol. The maximum atomic E-state index is 12.3. The van der Waals surface area contributed by atoms with Crippen LogP contribution in [0.25, 0.3) is 6.08 Å². The van der Waals surface area contributed by atoms with Crippen molar-refractivity contribution in [3.63, 3.8) is 0 Å². The van der Waals surface area contributed by atoms with Crippen LogP contribution < -0.4 is 18.9 Å². The Labute approximate surface area is 182 Å². The molecule has 0 heterocycles. The molecule has 0 aromatic heterocycles. The molecule has 0 radical (unpaired) electrons. The highest BCUT2D eigenvalue weighted by molar-refractivity contribution is 6.01. The highest BCUT2D eigenvalue weighted by Crippen LogP contribution is 2.54. The molecule has 2 aromatic rings. The zero-order valence-electron chi connectivity index (χ0n) is 17.7. The monoisotopic (exact) mass is 446 g/mol. The lowest BCUT2D eigenvalue weighted by Crippen LogP contribution is -2.31. The summed E-state index contributed by atoms with van der Waals surface area (Å²) in [4.78, 5) is 24.3. The fourth-order valence-electron chi connectivity index (χ4n) is 3.99. The van der Waals surface area contributed by atoms with Crippen molar-refractivity contribution >= 4 is 18.0 Å². The third-order valence-electron chi connectivity index (χ3n) is 5.38. The van der Waals surface area contributed by atoms with Crippen LogP contribution in [0, 0.1) is 5.92 Å². The number of aromatic hydroxyl groups is 2. The first kappa shape index (κ1) is 22.6. The minimum absolute atomic E-state index is 0.00633. The van der Waals surface area contributed by atoms with Gasteiger partial charge in [0.05, 0.1) is 39.9 Å². The smallest absolute Gasteiger partial charge is 0.332 e. The van der Waals surface area contributed by atoms with Crippen molar-refractivity contribution in [3.05, 3.63) is 40.5 Å². The minimum Gasteiger partial charge on any atom is -0.502 e. The summed E-state index contributed by atoms with van der Waals surface area (Å²) in [6, 6.07) is 4.16. The molecule has 0 aliphatic heterocycles. The van der Waals surface area contributed by atoms with E-state index in [1.165, 1.54) is 52.7 Å². The third kappa shape index (κ3) is 3.49. The van der Waals surface area contributed by atoms with Crippen LogP contribution in [0.5, 0.6) is 34.5 Å². The van der Waals surface area contributed by atoms with E-state index in [9.17, 15) is 30.0 Å². The second-order valence-corrected chi connectivity index (χ2v) is 6.94. The molecule has 2 aromatic carbocycles. The normalized spacial score (nSPS) is 17.1. The van der Waals surface area contributed by atoms with Crippen molar-refractivity contribution in [2.24, 2.45) is 5.92 Å². The molecule has 10 nitrogen and oxygen atoms in total. The molecule has 10 heteroatoms. The van der Waals surface area contributed by atoms with Crippen molar-refractivity contribution in [2.45, 2.75) is 5.92 Å². The summed E-state index contributed by atoms with van der Waals surface area (Å²) < 4.78 is 20.9. The van der Waals surface area contributed by atoms with Gasteiger partial charge in [-0.2, -0.15) is 0 Å². The summed E-state index contributed by atoms with van der Waals surface area (Å²) in [6.45, 7) is 0. The van der Waals surface area contributed by atoms with Gasteiger partial charge in [0, 0.05) is 11.5 Å². The molecule has 32 heavy (non-hydrogen) atoms. The topological polar surface area (TPSA) is 152 Å². The van der Waals surface area contributed by atoms with E-state index in [1.807, 2.05) is 0 Å². The van der Waals surface area contributed by atoms with Gasteiger partial charge in [0.2, 0.25) is 11.5 Å². The second-order valence-electron chi connectivity index (χ2n) is 6.94. The summed E-state index contributed by atoms with van der Waals surface area (Å²) in [5.41, 5.74) is 0.413. The maximum absolute atomic E-state index is 12.3. The number of phenolic OH excluding ortho intramolecular Hbond substituents is 2. The standard InChI is InChI=1S/C22H22O10/c1-29-12-7-10(8-13(30-2)18(12)23)15-16-9(5-11(21(25)26)17(15)22(27)28)6-14(31-3)19(24)20(16)32-4/h5-8,15,17,23-24H,1-4H3,(H,25,26)(H,27,28). The lowest BCUT2D eigenvalue weighted by atomic mass is 9.70. The van der Waals surface area contributed by atoms with E-state index in [0.717, 1.165) is 0 Å². The number of carboxylic acid groups (broad SMARTS) is 2. The van der Waals surface area contributed by atoms with Crippen molar-refractivity contribution in [1.82, 2.24) is 0 Å². The van der Waals surface area contributed by atoms with E-state index in [0.29, 0.717) is 5.56 Å². The van der Waals surface area contributed by atoms with Crippen LogP contribution in [0.4, 0.5) is 0 Å². The van der Waals surface area contributed by atoms with E-state index in [1.54, 1.807) is 0 Å². The van der Waals surface area contributed by atoms with E-state index in [2.05, 4.69) is 0 Å². The van der Waals surface area contributed by atoms with Gasteiger partial charge in [0.15, 0.2) is 23.0 Å². The Morgan fingerprint density at radius 3 is 1.78 bits per heavy atom. The summed E-state index contributed by atoms with van der Waals surface area (Å²) in [5.74, 6) is -6.25. The molecule has 0 saturated heterocycles. The van der Waals surface area contributed by atoms with Gasteiger partial charge in [0.1, 0.15) is 0 Å². The number of phenols is 2. The lowest BCUT2D eigenvalue weighted by molar-refractivity contribution is -0.144. The van der Waals surface area contributed by atoms with Crippen molar-refractivity contribution in [2.75, 3.05) is 28.4 Å². The first-order chi connectivity index (χ1) is 15.2. The van der Waals surface area contributed by atoms with Crippen LogP contribution in [0.1, 0.15) is 22.6 Å². The van der Waals surface area contributed by atoms with Crippen molar-refractivity contribution in [1.29, 1.82) is 0 Å². The van der Waals surface area contributed by atoms with E-state index < -0.39 is 23.8 Å². The van der Waals surface area contributed by atoms with Gasteiger partial charge in [0.25, 0.3) is 0 Å². The Kier molecular flexibility index (Phi) is 6.06. The van der Waals surface area contributed by atoms with Crippen LogP contribution >= 0.6 is 0 Å². The molecule has 2 unspecified atom stereocenters. The van der Waals surface area contributed by atoms with Crippen molar-refractivity contribution < 1.29 is 49.0 Å². The molecule has 170 valence electrons. The molecule has 1 aliphatic rings. The highest BCUT2D eigenvalue weighted by atomic mass is 16.5. The molecule has 0 fully saturated rings. The number of hydrogen-bond donors (Lipinski definition) is 4. The van der Waals surface area contributed by atoms with Gasteiger partial charge in [-0.3, -0.25) is 4.79 Å². The van der Waals surface area contributed by atoms with Gasteiger partial charge >= 0.3 is 11.9 Å².